The van der Waals surface area contributed by atoms with Crippen LogP contribution in [0.5, 0.6) is 0 Å². The summed E-state index contributed by atoms with van der Waals surface area (Å²) in [6.45, 7) is 23.4. The summed E-state index contributed by atoms with van der Waals surface area (Å²) >= 11 is 0. The summed E-state index contributed by atoms with van der Waals surface area (Å²) in [5.41, 5.74) is 11.9. The van der Waals surface area contributed by atoms with Gasteiger partial charge in [0, 0.05) is 42.7 Å². The average molecular weight is 488 g/mol. The molecule has 0 saturated heterocycles. The summed E-state index contributed by atoms with van der Waals surface area (Å²) in [7, 11) is 2.11. The number of allylic oxidation sites excluding steroid dienone is 3. The van der Waals surface area contributed by atoms with E-state index in [0.717, 1.165) is 61.3 Å². The van der Waals surface area contributed by atoms with Crippen molar-refractivity contribution in [2.75, 3.05) is 18.5 Å². The van der Waals surface area contributed by atoms with Crippen molar-refractivity contribution in [3.8, 4) is 11.8 Å². The van der Waals surface area contributed by atoms with Crippen LogP contribution in [0.25, 0.3) is 0 Å². The number of benzene rings is 2. The second kappa shape index (κ2) is 19.9. The molecule has 0 aromatic heterocycles. The van der Waals surface area contributed by atoms with Crippen molar-refractivity contribution < 1.29 is 0 Å². The molecule has 0 fully saturated rings. The van der Waals surface area contributed by atoms with Gasteiger partial charge >= 0.3 is 0 Å². The highest BCUT2D eigenvalue weighted by Crippen LogP contribution is 2.23. The smallest absolute Gasteiger partial charge is 0.0525 e. The van der Waals surface area contributed by atoms with E-state index in [9.17, 15) is 0 Å². The lowest BCUT2D eigenvalue weighted by Crippen LogP contribution is -2.19. The Kier molecular flexibility index (Phi) is 18.0. The molecule has 0 aliphatic carbocycles. The van der Waals surface area contributed by atoms with Gasteiger partial charge in [-0.15, -0.1) is 6.58 Å². The second-order valence-electron chi connectivity index (χ2n) is 8.89. The molecule has 3 rings (SSSR count). The predicted molar refractivity (Wildman–Crippen MR) is 162 cm³/mol. The number of hydrogen-bond donors (Lipinski definition) is 2. The van der Waals surface area contributed by atoms with Gasteiger partial charge in [-0.3, -0.25) is 0 Å². The minimum atomic E-state index is 0.650. The Labute approximate surface area is 222 Å². The van der Waals surface area contributed by atoms with Crippen molar-refractivity contribution in [1.29, 1.82) is 0 Å². The molecule has 196 valence electrons. The number of hydrogen-bond acceptors (Lipinski definition) is 3. The molecule has 0 saturated carbocycles. The quantitative estimate of drug-likeness (QED) is 0.292. The van der Waals surface area contributed by atoms with Gasteiger partial charge in [-0.2, -0.15) is 0 Å². The van der Waals surface area contributed by atoms with Gasteiger partial charge in [-0.05, 0) is 55.4 Å². The van der Waals surface area contributed by atoms with E-state index < -0.39 is 0 Å². The molecule has 3 N–H and O–H groups in total. The Morgan fingerprint density at radius 1 is 1.06 bits per heavy atom. The fourth-order valence-corrected chi connectivity index (χ4v) is 3.36. The van der Waals surface area contributed by atoms with Crippen LogP contribution in [-0.4, -0.2) is 13.6 Å². The van der Waals surface area contributed by atoms with Crippen LogP contribution < -0.4 is 16.0 Å². The van der Waals surface area contributed by atoms with E-state index in [2.05, 4.69) is 106 Å². The van der Waals surface area contributed by atoms with E-state index in [1.165, 1.54) is 11.3 Å². The Morgan fingerprint density at radius 2 is 1.64 bits per heavy atom. The lowest BCUT2D eigenvalue weighted by Gasteiger charge is -2.22. The molecular weight excluding hydrogens is 438 g/mol. The first-order chi connectivity index (χ1) is 17.3. The Morgan fingerprint density at radius 3 is 2.19 bits per heavy atom. The highest BCUT2D eigenvalue weighted by atomic mass is 15.1. The van der Waals surface area contributed by atoms with Crippen LogP contribution in [0.2, 0.25) is 0 Å². The second-order valence-corrected chi connectivity index (χ2v) is 8.89. The number of para-hydroxylation sites is 1. The maximum absolute atomic E-state index is 5.30. The molecular formula is C33H49N3. The molecule has 3 nitrogen and oxygen atoms in total. The Balaban J connectivity index is 0.000000554. The van der Waals surface area contributed by atoms with Crippen molar-refractivity contribution in [1.82, 2.24) is 5.32 Å². The summed E-state index contributed by atoms with van der Waals surface area (Å²) in [4.78, 5) is 2.25. The zero-order chi connectivity index (χ0) is 27.3. The molecule has 1 heterocycles. The molecule has 0 spiro atoms. The number of nitrogens with two attached hydrogens (primary N) is 1. The summed E-state index contributed by atoms with van der Waals surface area (Å²) < 4.78 is 0. The van der Waals surface area contributed by atoms with E-state index in [0.29, 0.717) is 5.92 Å². The van der Waals surface area contributed by atoms with Crippen molar-refractivity contribution in [2.24, 2.45) is 11.7 Å². The zero-order valence-corrected chi connectivity index (χ0v) is 23.7. The largest absolute Gasteiger partial charge is 0.403 e. The minimum absolute atomic E-state index is 0.650. The Hall–Kier alpha value is -3.38. The molecule has 2 aromatic rings. The van der Waals surface area contributed by atoms with E-state index >= 15 is 0 Å². The molecule has 0 bridgehead atoms. The van der Waals surface area contributed by atoms with Crippen LogP contribution in [-0.2, 0) is 6.54 Å². The molecule has 1 aliphatic rings. The van der Waals surface area contributed by atoms with Crippen LogP contribution in [0.1, 0.15) is 77.0 Å². The maximum Gasteiger partial charge on any atom is 0.0525 e. The summed E-state index contributed by atoms with van der Waals surface area (Å²) in [5.74, 6) is 7.18. The zero-order valence-electron chi connectivity index (χ0n) is 23.7. The van der Waals surface area contributed by atoms with E-state index in [-0.39, 0.29) is 0 Å². The first-order valence-corrected chi connectivity index (χ1v) is 13.1. The van der Waals surface area contributed by atoms with E-state index in [1.54, 1.807) is 0 Å². The first kappa shape index (κ1) is 32.6. The third-order valence-corrected chi connectivity index (χ3v) is 5.02. The van der Waals surface area contributed by atoms with E-state index in [1.807, 2.05) is 32.1 Å². The fourth-order valence-electron chi connectivity index (χ4n) is 3.36. The highest BCUT2D eigenvalue weighted by Gasteiger charge is 2.10. The molecule has 2 aromatic carbocycles. The van der Waals surface area contributed by atoms with E-state index in [4.69, 9.17) is 5.73 Å². The van der Waals surface area contributed by atoms with Gasteiger partial charge in [0.05, 0.1) is 5.69 Å². The molecule has 0 unspecified atom stereocenters. The molecule has 0 radical (unpaired) electrons. The summed E-state index contributed by atoms with van der Waals surface area (Å²) in [5, 5.41) is 3.22. The van der Waals surface area contributed by atoms with Crippen LogP contribution in [0.15, 0.2) is 85.7 Å². The standard InChI is InChI=1S/C16H13N.C9H17N.C6H13N.C2H6/c1-17-12-15-8-3-2-6-13(15)10-11-14-7-4-5-9-16(14)17;1-4-6-7-9(3)10-8-5-2;1-5(2)4-6(3)7;1-2/h2-9H,12H2,1H3;4,10H,1,3,5-8H2,2H3;5H,3-4,7H2,1-2H3;1-2H3. The van der Waals surface area contributed by atoms with Crippen LogP contribution in [0.4, 0.5) is 5.69 Å². The van der Waals surface area contributed by atoms with Gasteiger partial charge in [-0.1, -0.05) is 96.0 Å². The fraction of sp³-hybridized carbons (Fsp3) is 0.394. The first-order valence-electron chi connectivity index (χ1n) is 13.1. The molecule has 36 heavy (non-hydrogen) atoms. The topological polar surface area (TPSA) is 41.3 Å². The SMILES string of the molecule is C=C(N)CC(C)C.C=CCCC(=C)NCCC.CC.CN1Cc2ccccc2C#Cc2ccccc21. The predicted octanol–water partition coefficient (Wildman–Crippen LogP) is 8.03. The molecule has 1 aliphatic heterocycles. The lowest BCUT2D eigenvalue weighted by atomic mass is 10.0. The van der Waals surface area contributed by atoms with Crippen molar-refractivity contribution >= 4 is 5.69 Å². The number of nitrogens with one attached hydrogen (secondary N) is 1. The maximum atomic E-state index is 5.30. The molecule has 0 atom stereocenters. The number of rotatable bonds is 8. The van der Waals surface area contributed by atoms with Gasteiger partial charge in [0.15, 0.2) is 0 Å². The normalized spacial score (nSPS) is 10.5. The molecule has 3 heteroatoms. The number of nitrogens with zero attached hydrogens (tertiary/aromatic N) is 1. The minimum Gasteiger partial charge on any atom is -0.403 e. The van der Waals surface area contributed by atoms with Gasteiger partial charge in [0.1, 0.15) is 0 Å². The van der Waals surface area contributed by atoms with Gasteiger partial charge in [-0.25, -0.2) is 0 Å². The van der Waals surface area contributed by atoms with Crippen LogP contribution >= 0.6 is 0 Å². The monoisotopic (exact) mass is 487 g/mol. The summed E-state index contributed by atoms with van der Waals surface area (Å²) in [6, 6.07) is 16.6. The van der Waals surface area contributed by atoms with Crippen molar-refractivity contribution in [2.45, 2.75) is 66.8 Å². The summed E-state index contributed by atoms with van der Waals surface area (Å²) in [6.07, 6.45) is 6.06. The van der Waals surface area contributed by atoms with Crippen LogP contribution in [0, 0.1) is 17.8 Å². The molecule has 0 amide bonds. The number of anilines is 1. The van der Waals surface area contributed by atoms with Crippen LogP contribution in [0.3, 0.4) is 0 Å². The van der Waals surface area contributed by atoms with Crippen molar-refractivity contribution in [3.05, 3.63) is 102 Å². The lowest BCUT2D eigenvalue weighted by molar-refractivity contribution is 0.640. The number of fused-ring (bicyclic) bond motifs is 2. The third-order valence-electron chi connectivity index (χ3n) is 5.02. The van der Waals surface area contributed by atoms with Gasteiger partial charge < -0.3 is 16.0 Å². The van der Waals surface area contributed by atoms with Gasteiger partial charge in [0.2, 0.25) is 0 Å². The van der Waals surface area contributed by atoms with Crippen molar-refractivity contribution in [3.63, 3.8) is 0 Å². The third kappa shape index (κ3) is 14.1. The van der Waals surface area contributed by atoms with Gasteiger partial charge in [0.25, 0.3) is 0 Å². The average Bonchev–Trinajstić information content (AvgIpc) is 2.86. The highest BCUT2D eigenvalue weighted by molar-refractivity contribution is 5.63. The Bertz CT molecular complexity index is 976.